The van der Waals surface area contributed by atoms with Gasteiger partial charge in [0.15, 0.2) is 11.8 Å². The molecule has 8 heteroatoms. The van der Waals surface area contributed by atoms with Gasteiger partial charge < -0.3 is 19.7 Å². The molecular formula is C20H28N6O2. The van der Waals surface area contributed by atoms with Crippen LogP contribution in [0.25, 0.3) is 5.82 Å². The van der Waals surface area contributed by atoms with Gasteiger partial charge in [-0.05, 0) is 43.5 Å². The predicted molar refractivity (Wildman–Crippen MR) is 106 cm³/mol. The van der Waals surface area contributed by atoms with E-state index in [1.54, 1.807) is 17.1 Å². The molecule has 0 saturated carbocycles. The van der Waals surface area contributed by atoms with Gasteiger partial charge in [0.05, 0.1) is 19.3 Å². The number of nitrogens with zero attached hydrogens (tertiary/aromatic N) is 5. The molecular weight excluding hydrogens is 356 g/mol. The van der Waals surface area contributed by atoms with Crippen LogP contribution in [0.4, 0.5) is 0 Å². The van der Waals surface area contributed by atoms with Crippen LogP contribution in [0.2, 0.25) is 0 Å². The fraction of sp³-hybridized carbons (Fsp3) is 0.550. The Hall–Kier alpha value is -2.45. The highest BCUT2D eigenvalue weighted by Crippen LogP contribution is 2.21. The number of aliphatic imine (C=N–C) groups is 1. The van der Waals surface area contributed by atoms with Crippen molar-refractivity contribution in [2.45, 2.75) is 38.5 Å². The number of ether oxygens (including phenoxy) is 2. The van der Waals surface area contributed by atoms with Crippen molar-refractivity contribution in [2.75, 3.05) is 32.8 Å². The van der Waals surface area contributed by atoms with Crippen LogP contribution in [-0.4, -0.2) is 70.7 Å². The molecule has 1 N–H and O–H groups in total. The zero-order valence-electron chi connectivity index (χ0n) is 16.3. The fourth-order valence-electron chi connectivity index (χ4n) is 3.67. The van der Waals surface area contributed by atoms with E-state index >= 15 is 0 Å². The molecule has 2 aromatic rings. The van der Waals surface area contributed by atoms with Crippen LogP contribution in [0, 0.1) is 0 Å². The van der Waals surface area contributed by atoms with Crippen LogP contribution < -0.4 is 5.32 Å². The van der Waals surface area contributed by atoms with Gasteiger partial charge in [0, 0.05) is 44.8 Å². The molecule has 2 aromatic heterocycles. The monoisotopic (exact) mass is 384 g/mol. The Morgan fingerprint density at radius 3 is 3.00 bits per heavy atom. The molecule has 2 unspecified atom stereocenters. The first-order valence-corrected chi connectivity index (χ1v) is 10.0. The molecule has 0 aliphatic carbocycles. The first kappa shape index (κ1) is 18.9. The molecule has 0 aromatic carbocycles. The molecule has 4 heterocycles. The van der Waals surface area contributed by atoms with Crippen LogP contribution >= 0.6 is 0 Å². The van der Waals surface area contributed by atoms with Crippen LogP contribution in [0.5, 0.6) is 0 Å². The van der Waals surface area contributed by atoms with Gasteiger partial charge in [-0.25, -0.2) is 14.7 Å². The molecule has 2 saturated heterocycles. The van der Waals surface area contributed by atoms with Crippen molar-refractivity contribution in [1.82, 2.24) is 25.0 Å². The number of morpholine rings is 1. The summed E-state index contributed by atoms with van der Waals surface area (Å²) in [5, 5.41) is 7.67. The topological polar surface area (TPSA) is 76.8 Å². The Bertz CT molecular complexity index is 773. The molecule has 0 radical (unpaired) electrons. The molecule has 2 aliphatic heterocycles. The van der Waals surface area contributed by atoms with Crippen molar-refractivity contribution in [2.24, 2.45) is 4.99 Å². The van der Waals surface area contributed by atoms with E-state index in [-0.39, 0.29) is 12.2 Å². The minimum absolute atomic E-state index is 0.118. The maximum absolute atomic E-state index is 5.97. The predicted octanol–water partition coefficient (Wildman–Crippen LogP) is 1.61. The Morgan fingerprint density at radius 2 is 2.21 bits per heavy atom. The average molecular weight is 384 g/mol. The molecule has 0 amide bonds. The number of aromatic nitrogens is 3. The van der Waals surface area contributed by atoms with E-state index in [0.29, 0.717) is 13.2 Å². The van der Waals surface area contributed by atoms with Crippen molar-refractivity contribution < 1.29 is 9.47 Å². The maximum atomic E-state index is 5.97. The van der Waals surface area contributed by atoms with Crippen LogP contribution in [0.1, 0.15) is 25.3 Å². The first-order chi connectivity index (χ1) is 13.8. The standard InChI is InChI=1S/C20H28N6O2/c1-2-21-20(25-10-12-28-18(15-25)17-5-3-11-27-17)23-14-16-6-8-22-19(13-16)26-9-4-7-24-26/h4,6-9,13,17-18H,2-3,5,10-12,14-15H2,1H3,(H,21,23). The SMILES string of the molecule is CCNC(=NCc1ccnc(-n2cccn2)c1)N1CCOC(C2CCCO2)C1. The molecule has 28 heavy (non-hydrogen) atoms. The lowest BCUT2D eigenvalue weighted by molar-refractivity contribution is -0.0817. The quantitative estimate of drug-likeness (QED) is 0.624. The van der Waals surface area contributed by atoms with Crippen LogP contribution in [0.15, 0.2) is 41.8 Å². The number of hydrogen-bond acceptors (Lipinski definition) is 5. The zero-order chi connectivity index (χ0) is 19.2. The summed E-state index contributed by atoms with van der Waals surface area (Å²) >= 11 is 0. The highest BCUT2D eigenvalue weighted by molar-refractivity contribution is 5.80. The molecule has 4 rings (SSSR count). The number of nitrogens with one attached hydrogen (secondary N) is 1. The number of pyridine rings is 1. The third kappa shape index (κ3) is 4.51. The highest BCUT2D eigenvalue weighted by Gasteiger charge is 2.32. The lowest BCUT2D eigenvalue weighted by Gasteiger charge is -2.37. The summed E-state index contributed by atoms with van der Waals surface area (Å²) < 4.78 is 13.6. The molecule has 2 fully saturated rings. The van der Waals surface area contributed by atoms with Crippen molar-refractivity contribution in [3.63, 3.8) is 0 Å². The van der Waals surface area contributed by atoms with E-state index in [1.807, 2.05) is 24.4 Å². The minimum atomic E-state index is 0.118. The molecule has 0 bridgehead atoms. The zero-order valence-corrected chi connectivity index (χ0v) is 16.3. The number of hydrogen-bond donors (Lipinski definition) is 1. The van der Waals surface area contributed by atoms with E-state index in [0.717, 1.165) is 56.4 Å². The van der Waals surface area contributed by atoms with Crippen molar-refractivity contribution in [3.8, 4) is 5.82 Å². The largest absolute Gasteiger partial charge is 0.375 e. The normalized spacial score (nSPS) is 23.2. The van der Waals surface area contributed by atoms with Gasteiger partial charge in [0.25, 0.3) is 0 Å². The Labute approximate surface area is 165 Å². The van der Waals surface area contributed by atoms with Crippen LogP contribution in [-0.2, 0) is 16.0 Å². The van der Waals surface area contributed by atoms with Gasteiger partial charge in [-0.2, -0.15) is 5.10 Å². The van der Waals surface area contributed by atoms with Crippen molar-refractivity contribution >= 4 is 5.96 Å². The van der Waals surface area contributed by atoms with Crippen LogP contribution in [0.3, 0.4) is 0 Å². The smallest absolute Gasteiger partial charge is 0.194 e. The molecule has 2 aliphatic rings. The van der Waals surface area contributed by atoms with Gasteiger partial charge in [-0.3, -0.25) is 0 Å². The Kier molecular flexibility index (Phi) is 6.18. The summed E-state index contributed by atoms with van der Waals surface area (Å²) in [6.45, 7) is 6.70. The second-order valence-electron chi connectivity index (χ2n) is 7.05. The fourth-order valence-corrected chi connectivity index (χ4v) is 3.67. The summed E-state index contributed by atoms with van der Waals surface area (Å²) in [7, 11) is 0. The summed E-state index contributed by atoms with van der Waals surface area (Å²) in [6.07, 6.45) is 7.97. The summed E-state index contributed by atoms with van der Waals surface area (Å²) in [5.74, 6) is 1.72. The third-order valence-corrected chi connectivity index (χ3v) is 5.07. The third-order valence-electron chi connectivity index (χ3n) is 5.07. The second-order valence-corrected chi connectivity index (χ2v) is 7.05. The lowest BCUT2D eigenvalue weighted by Crippen LogP contribution is -2.53. The molecule has 150 valence electrons. The van der Waals surface area contributed by atoms with E-state index in [4.69, 9.17) is 14.5 Å². The summed E-state index contributed by atoms with van der Waals surface area (Å²) in [4.78, 5) is 11.5. The first-order valence-electron chi connectivity index (χ1n) is 10.0. The Morgan fingerprint density at radius 1 is 1.29 bits per heavy atom. The van der Waals surface area contributed by atoms with E-state index in [9.17, 15) is 0 Å². The molecule has 2 atom stereocenters. The molecule has 8 nitrogen and oxygen atoms in total. The summed E-state index contributed by atoms with van der Waals surface area (Å²) in [6, 6.07) is 5.90. The lowest BCUT2D eigenvalue weighted by atomic mass is 10.1. The van der Waals surface area contributed by atoms with Gasteiger partial charge >= 0.3 is 0 Å². The van der Waals surface area contributed by atoms with Crippen molar-refractivity contribution in [3.05, 3.63) is 42.4 Å². The highest BCUT2D eigenvalue weighted by atomic mass is 16.5. The average Bonchev–Trinajstić information content (AvgIpc) is 3.46. The number of guanidine groups is 1. The van der Waals surface area contributed by atoms with Gasteiger partial charge in [0.1, 0.15) is 6.10 Å². The Balaban J connectivity index is 1.45. The molecule has 0 spiro atoms. The second kappa shape index (κ2) is 9.16. The van der Waals surface area contributed by atoms with E-state index in [1.165, 1.54) is 0 Å². The number of rotatable bonds is 5. The van der Waals surface area contributed by atoms with E-state index < -0.39 is 0 Å². The van der Waals surface area contributed by atoms with E-state index in [2.05, 4.69) is 27.2 Å². The maximum Gasteiger partial charge on any atom is 0.194 e. The minimum Gasteiger partial charge on any atom is -0.375 e. The van der Waals surface area contributed by atoms with Gasteiger partial charge in [-0.1, -0.05) is 0 Å². The van der Waals surface area contributed by atoms with Crippen molar-refractivity contribution in [1.29, 1.82) is 0 Å². The van der Waals surface area contributed by atoms with Gasteiger partial charge in [0.2, 0.25) is 0 Å². The summed E-state index contributed by atoms with van der Waals surface area (Å²) in [5.41, 5.74) is 1.10. The van der Waals surface area contributed by atoms with Gasteiger partial charge in [-0.15, -0.1) is 0 Å².